The smallest absolute Gasteiger partial charge is 0.271 e. The summed E-state index contributed by atoms with van der Waals surface area (Å²) < 4.78 is 24.5. The van der Waals surface area contributed by atoms with Gasteiger partial charge >= 0.3 is 0 Å². The van der Waals surface area contributed by atoms with Crippen LogP contribution in [0.1, 0.15) is 21.8 Å². The topological polar surface area (TPSA) is 64.4 Å². The third-order valence-corrected chi connectivity index (χ3v) is 5.08. The summed E-state index contributed by atoms with van der Waals surface area (Å²) in [5, 5.41) is 5.22. The molecule has 0 unspecified atom stereocenters. The lowest BCUT2D eigenvalue weighted by molar-refractivity contribution is 0.0944. The number of nitrogens with one attached hydrogen (secondary N) is 1. The first-order chi connectivity index (χ1) is 14.2. The number of carbonyl (C=O) groups excluding carboxylic acids is 1. The van der Waals surface area contributed by atoms with E-state index in [1.54, 1.807) is 54.1 Å². The van der Waals surface area contributed by atoms with Gasteiger partial charge in [-0.05, 0) is 42.5 Å². The van der Waals surface area contributed by atoms with E-state index in [9.17, 15) is 9.18 Å². The highest BCUT2D eigenvalue weighted by Gasteiger charge is 2.12. The number of ether oxygens (including phenoxy) is 1. The van der Waals surface area contributed by atoms with E-state index in [-0.39, 0.29) is 18.3 Å². The summed E-state index contributed by atoms with van der Waals surface area (Å²) in [6.45, 7) is 0.468. The molecule has 146 valence electrons. The Balaban J connectivity index is 1.36. The maximum atomic E-state index is 13.7. The molecule has 2 aromatic carbocycles. The van der Waals surface area contributed by atoms with Gasteiger partial charge in [0.15, 0.2) is 0 Å². The van der Waals surface area contributed by atoms with Crippen LogP contribution in [0, 0.1) is 5.82 Å². The average molecular weight is 408 g/mol. The first-order valence-corrected chi connectivity index (χ1v) is 9.80. The van der Waals surface area contributed by atoms with Crippen molar-refractivity contribution in [1.29, 1.82) is 0 Å². The predicted octanol–water partition coefficient (Wildman–Crippen LogP) is 5.05. The predicted molar refractivity (Wildman–Crippen MR) is 108 cm³/mol. The summed E-state index contributed by atoms with van der Waals surface area (Å²) in [7, 11) is 0. The van der Waals surface area contributed by atoms with Crippen molar-refractivity contribution in [3.63, 3.8) is 0 Å². The summed E-state index contributed by atoms with van der Waals surface area (Å²) in [6.07, 6.45) is 1.56. The van der Waals surface area contributed by atoms with Crippen LogP contribution in [0.3, 0.4) is 0 Å². The number of furan rings is 1. The van der Waals surface area contributed by atoms with Crippen LogP contribution in [-0.4, -0.2) is 10.9 Å². The molecule has 0 bridgehead atoms. The van der Waals surface area contributed by atoms with Crippen molar-refractivity contribution in [2.45, 2.75) is 13.2 Å². The highest BCUT2D eigenvalue weighted by molar-refractivity contribution is 7.13. The van der Waals surface area contributed by atoms with Gasteiger partial charge in [-0.15, -0.1) is 11.3 Å². The normalized spacial score (nSPS) is 10.7. The van der Waals surface area contributed by atoms with Gasteiger partial charge < -0.3 is 14.5 Å². The monoisotopic (exact) mass is 408 g/mol. The van der Waals surface area contributed by atoms with Gasteiger partial charge in [0.1, 0.15) is 34.6 Å². The molecule has 1 amide bonds. The summed E-state index contributed by atoms with van der Waals surface area (Å²) in [6, 6.07) is 17.4. The van der Waals surface area contributed by atoms with Crippen LogP contribution in [0.2, 0.25) is 0 Å². The molecule has 0 atom stereocenters. The van der Waals surface area contributed by atoms with Crippen molar-refractivity contribution in [3.8, 4) is 16.3 Å². The number of thiazole rings is 1. The fourth-order valence-corrected chi connectivity index (χ4v) is 3.46. The molecule has 0 fully saturated rings. The van der Waals surface area contributed by atoms with Gasteiger partial charge in [0, 0.05) is 16.5 Å². The molecule has 2 heterocycles. The van der Waals surface area contributed by atoms with Gasteiger partial charge in [-0.2, -0.15) is 0 Å². The van der Waals surface area contributed by atoms with Gasteiger partial charge in [0.2, 0.25) is 0 Å². The van der Waals surface area contributed by atoms with E-state index < -0.39 is 0 Å². The zero-order chi connectivity index (χ0) is 20.1. The van der Waals surface area contributed by atoms with Crippen LogP contribution < -0.4 is 10.1 Å². The molecule has 0 aliphatic carbocycles. The van der Waals surface area contributed by atoms with Crippen LogP contribution in [0.15, 0.2) is 76.7 Å². The molecule has 0 aliphatic heterocycles. The molecular weight excluding hydrogens is 391 g/mol. The molecule has 4 aromatic rings. The Morgan fingerprint density at radius 3 is 2.69 bits per heavy atom. The van der Waals surface area contributed by atoms with Crippen LogP contribution >= 0.6 is 11.3 Å². The van der Waals surface area contributed by atoms with E-state index in [4.69, 9.17) is 9.15 Å². The van der Waals surface area contributed by atoms with Crippen LogP contribution in [-0.2, 0) is 13.2 Å². The molecule has 0 saturated carbocycles. The molecule has 29 heavy (non-hydrogen) atoms. The van der Waals surface area contributed by atoms with E-state index >= 15 is 0 Å². The second-order valence-electron chi connectivity index (χ2n) is 6.20. The number of aromatic nitrogens is 1. The lowest BCUT2D eigenvalue weighted by atomic mass is 10.2. The lowest BCUT2D eigenvalue weighted by Crippen LogP contribution is -2.22. The fourth-order valence-electron chi connectivity index (χ4n) is 2.65. The highest BCUT2D eigenvalue weighted by atomic mass is 32.1. The van der Waals surface area contributed by atoms with Crippen molar-refractivity contribution in [2.75, 3.05) is 0 Å². The van der Waals surface area contributed by atoms with Crippen molar-refractivity contribution in [3.05, 3.63) is 95.1 Å². The van der Waals surface area contributed by atoms with Gasteiger partial charge in [-0.1, -0.05) is 18.2 Å². The van der Waals surface area contributed by atoms with Gasteiger partial charge in [-0.3, -0.25) is 4.79 Å². The number of rotatable bonds is 7. The Kier molecular flexibility index (Phi) is 5.67. The first-order valence-electron chi connectivity index (χ1n) is 8.92. The third-order valence-electron chi connectivity index (χ3n) is 4.19. The largest absolute Gasteiger partial charge is 0.489 e. The molecule has 1 N–H and O–H groups in total. The minimum absolute atomic E-state index is 0.156. The average Bonchev–Trinajstić information content (AvgIpc) is 3.44. The summed E-state index contributed by atoms with van der Waals surface area (Å²) in [5.74, 6) is 0.767. The molecule has 5 nitrogen and oxygen atoms in total. The summed E-state index contributed by atoms with van der Waals surface area (Å²) in [5.41, 5.74) is 1.73. The van der Waals surface area contributed by atoms with Gasteiger partial charge in [0.25, 0.3) is 5.91 Å². The van der Waals surface area contributed by atoms with E-state index in [2.05, 4.69) is 10.3 Å². The van der Waals surface area contributed by atoms with E-state index in [1.807, 2.05) is 12.1 Å². The van der Waals surface area contributed by atoms with Crippen molar-refractivity contribution in [1.82, 2.24) is 10.3 Å². The number of benzene rings is 2. The maximum absolute atomic E-state index is 13.7. The molecule has 4 rings (SSSR count). The number of hydrogen-bond donors (Lipinski definition) is 1. The second-order valence-corrected chi connectivity index (χ2v) is 7.06. The SMILES string of the molecule is O=C(NCc1ccco1)c1csc(-c2ccc(OCc3ccccc3F)cc2)n1. The third kappa shape index (κ3) is 4.70. The Labute approximate surface area is 170 Å². The molecular formula is C22H17FN2O3S. The minimum atomic E-state index is -0.287. The highest BCUT2D eigenvalue weighted by Crippen LogP contribution is 2.26. The van der Waals surface area contributed by atoms with Crippen LogP contribution in [0.4, 0.5) is 4.39 Å². The number of nitrogens with zero attached hydrogens (tertiary/aromatic N) is 1. The van der Waals surface area contributed by atoms with E-state index in [1.165, 1.54) is 17.4 Å². The van der Waals surface area contributed by atoms with Gasteiger partial charge in [-0.25, -0.2) is 9.37 Å². The second kappa shape index (κ2) is 8.70. The van der Waals surface area contributed by atoms with Crippen LogP contribution in [0.25, 0.3) is 10.6 Å². The number of amides is 1. The van der Waals surface area contributed by atoms with Crippen molar-refractivity contribution < 1.29 is 18.3 Å². The molecule has 0 aliphatic rings. The molecule has 0 saturated heterocycles. The molecule has 0 radical (unpaired) electrons. The Morgan fingerprint density at radius 2 is 1.93 bits per heavy atom. The zero-order valence-corrected chi connectivity index (χ0v) is 16.1. The molecule has 7 heteroatoms. The lowest BCUT2D eigenvalue weighted by Gasteiger charge is -2.07. The number of halogens is 1. The van der Waals surface area contributed by atoms with Crippen molar-refractivity contribution in [2.24, 2.45) is 0 Å². The first kappa shape index (κ1) is 18.9. The van der Waals surface area contributed by atoms with Crippen LogP contribution in [0.5, 0.6) is 5.75 Å². The van der Waals surface area contributed by atoms with E-state index in [0.29, 0.717) is 29.3 Å². The molecule has 2 aromatic heterocycles. The van der Waals surface area contributed by atoms with Gasteiger partial charge in [0.05, 0.1) is 12.8 Å². The standard InChI is InChI=1S/C22H17FN2O3S/c23-19-6-2-1-4-16(19)13-28-17-9-7-15(8-10-17)22-25-20(14-29-22)21(26)24-12-18-5-3-11-27-18/h1-11,14H,12-13H2,(H,24,26). The Bertz CT molecular complexity index is 1090. The number of carbonyl (C=O) groups is 1. The number of hydrogen-bond acceptors (Lipinski definition) is 5. The molecule has 0 spiro atoms. The quantitative estimate of drug-likeness (QED) is 0.465. The van der Waals surface area contributed by atoms with E-state index in [0.717, 1.165) is 10.6 Å². The zero-order valence-electron chi connectivity index (χ0n) is 15.3. The van der Waals surface area contributed by atoms with Crippen molar-refractivity contribution >= 4 is 17.2 Å². The maximum Gasteiger partial charge on any atom is 0.271 e. The Hall–Kier alpha value is -3.45. The fraction of sp³-hybridized carbons (Fsp3) is 0.0909. The minimum Gasteiger partial charge on any atom is -0.489 e. The summed E-state index contributed by atoms with van der Waals surface area (Å²) in [4.78, 5) is 16.6. The Morgan fingerprint density at radius 1 is 1.10 bits per heavy atom. The summed E-state index contributed by atoms with van der Waals surface area (Å²) >= 11 is 1.39.